The summed E-state index contributed by atoms with van der Waals surface area (Å²) in [7, 11) is 1.63. The van der Waals surface area contributed by atoms with Gasteiger partial charge in [-0.2, -0.15) is 0 Å². The molecule has 1 aromatic rings. The first-order valence-electron chi connectivity index (χ1n) is 7.45. The molecule has 0 aromatic heterocycles. The molecule has 1 aliphatic rings. The Morgan fingerprint density at radius 2 is 2.00 bits per heavy atom. The minimum Gasteiger partial charge on any atom is -0.383 e. The second-order valence-electron chi connectivity index (χ2n) is 5.65. The van der Waals surface area contributed by atoms with Gasteiger partial charge in [-0.1, -0.05) is 30.3 Å². The standard InChI is InChI=1S/C16H23N3O3/c1-11(2)19-15(20)9-14(18-16(19)21)17-13(10-22-3)12-7-5-4-6-8-12/h4-8,11,13-14,17H,9-10H2,1-3H3,(H,18,21)/t13-,14?/m0/s1. The lowest BCUT2D eigenvalue weighted by atomic mass is 10.1. The Bertz CT molecular complexity index is 501. The van der Waals surface area contributed by atoms with E-state index in [9.17, 15) is 9.59 Å². The number of carbonyl (C=O) groups excluding carboxylic acids is 2. The number of benzene rings is 1. The number of ether oxygens (including phenoxy) is 1. The number of imide groups is 1. The molecule has 0 radical (unpaired) electrons. The molecule has 6 nitrogen and oxygen atoms in total. The lowest BCUT2D eigenvalue weighted by Crippen LogP contribution is -2.61. The number of nitrogens with one attached hydrogen (secondary N) is 2. The van der Waals surface area contributed by atoms with Crippen LogP contribution in [0.5, 0.6) is 0 Å². The van der Waals surface area contributed by atoms with Crippen molar-refractivity contribution in [2.45, 2.75) is 38.5 Å². The molecule has 0 saturated carbocycles. The molecule has 1 heterocycles. The van der Waals surface area contributed by atoms with Crippen molar-refractivity contribution in [3.8, 4) is 0 Å². The Kier molecular flexibility index (Phi) is 5.51. The monoisotopic (exact) mass is 305 g/mol. The van der Waals surface area contributed by atoms with Crippen LogP contribution in [0, 0.1) is 0 Å². The zero-order valence-electron chi connectivity index (χ0n) is 13.2. The molecule has 1 saturated heterocycles. The summed E-state index contributed by atoms with van der Waals surface area (Å²) < 4.78 is 5.24. The van der Waals surface area contributed by atoms with Crippen LogP contribution in [0.4, 0.5) is 4.79 Å². The summed E-state index contributed by atoms with van der Waals surface area (Å²) in [4.78, 5) is 25.4. The molecule has 1 unspecified atom stereocenters. The fraction of sp³-hybridized carbons (Fsp3) is 0.500. The molecule has 0 bridgehead atoms. The molecule has 1 fully saturated rings. The highest BCUT2D eigenvalue weighted by atomic mass is 16.5. The normalized spacial score (nSPS) is 20.2. The van der Waals surface area contributed by atoms with Crippen molar-refractivity contribution in [1.82, 2.24) is 15.5 Å². The van der Waals surface area contributed by atoms with Gasteiger partial charge in [0.25, 0.3) is 0 Å². The average molecular weight is 305 g/mol. The second-order valence-corrected chi connectivity index (χ2v) is 5.65. The number of hydrogen-bond donors (Lipinski definition) is 2. The van der Waals surface area contributed by atoms with Crippen LogP contribution in [0.1, 0.15) is 31.9 Å². The van der Waals surface area contributed by atoms with E-state index in [0.717, 1.165) is 5.56 Å². The van der Waals surface area contributed by atoms with E-state index < -0.39 is 6.17 Å². The van der Waals surface area contributed by atoms with E-state index in [1.807, 2.05) is 44.2 Å². The van der Waals surface area contributed by atoms with Crippen molar-refractivity contribution in [2.24, 2.45) is 0 Å². The first-order valence-corrected chi connectivity index (χ1v) is 7.45. The van der Waals surface area contributed by atoms with Gasteiger partial charge in [0.05, 0.1) is 25.2 Å². The zero-order chi connectivity index (χ0) is 16.1. The molecule has 2 rings (SSSR count). The molecule has 22 heavy (non-hydrogen) atoms. The molecule has 120 valence electrons. The van der Waals surface area contributed by atoms with Crippen LogP contribution in [-0.4, -0.2) is 42.8 Å². The van der Waals surface area contributed by atoms with Crippen LogP contribution >= 0.6 is 0 Å². The van der Waals surface area contributed by atoms with Crippen molar-refractivity contribution < 1.29 is 14.3 Å². The molecule has 0 aliphatic carbocycles. The Labute approximate surface area is 130 Å². The largest absolute Gasteiger partial charge is 0.383 e. The summed E-state index contributed by atoms with van der Waals surface area (Å²) in [5.74, 6) is -0.166. The molecular weight excluding hydrogens is 282 g/mol. The van der Waals surface area contributed by atoms with E-state index in [4.69, 9.17) is 4.74 Å². The van der Waals surface area contributed by atoms with E-state index in [1.165, 1.54) is 4.90 Å². The van der Waals surface area contributed by atoms with E-state index in [2.05, 4.69) is 10.6 Å². The smallest absolute Gasteiger partial charge is 0.325 e. The third kappa shape index (κ3) is 3.84. The van der Waals surface area contributed by atoms with Crippen molar-refractivity contribution in [3.05, 3.63) is 35.9 Å². The van der Waals surface area contributed by atoms with Crippen molar-refractivity contribution in [3.63, 3.8) is 0 Å². The Morgan fingerprint density at radius 1 is 1.32 bits per heavy atom. The molecule has 1 aliphatic heterocycles. The number of amides is 3. The van der Waals surface area contributed by atoms with Crippen LogP contribution in [0.3, 0.4) is 0 Å². The minimum atomic E-state index is -0.393. The fourth-order valence-corrected chi connectivity index (χ4v) is 2.61. The maximum atomic E-state index is 12.1. The molecular formula is C16H23N3O3. The summed E-state index contributed by atoms with van der Waals surface area (Å²) in [6.45, 7) is 4.10. The SMILES string of the molecule is COC[C@H](NC1CC(=O)N(C(C)C)C(=O)N1)c1ccccc1. The summed E-state index contributed by atoms with van der Waals surface area (Å²) in [5, 5.41) is 6.13. The Balaban J connectivity index is 2.06. The van der Waals surface area contributed by atoms with Gasteiger partial charge in [0.15, 0.2) is 0 Å². The molecule has 6 heteroatoms. The summed E-state index contributed by atoms with van der Waals surface area (Å²) in [6.07, 6.45) is -0.160. The summed E-state index contributed by atoms with van der Waals surface area (Å²) in [6, 6.07) is 9.24. The number of nitrogens with zero attached hydrogens (tertiary/aromatic N) is 1. The van der Waals surface area contributed by atoms with Gasteiger partial charge in [0.2, 0.25) is 5.91 Å². The summed E-state index contributed by atoms with van der Waals surface area (Å²) >= 11 is 0. The van der Waals surface area contributed by atoms with Crippen LogP contribution in [-0.2, 0) is 9.53 Å². The van der Waals surface area contributed by atoms with Crippen molar-refractivity contribution >= 4 is 11.9 Å². The summed E-state index contributed by atoms with van der Waals surface area (Å²) in [5.41, 5.74) is 1.05. The van der Waals surface area contributed by atoms with Crippen LogP contribution in [0.25, 0.3) is 0 Å². The molecule has 2 N–H and O–H groups in total. The highest BCUT2D eigenvalue weighted by Gasteiger charge is 2.34. The van der Waals surface area contributed by atoms with Crippen LogP contribution in [0.15, 0.2) is 30.3 Å². The number of rotatable bonds is 6. The molecule has 0 spiro atoms. The van der Waals surface area contributed by atoms with Gasteiger partial charge in [-0.05, 0) is 19.4 Å². The topological polar surface area (TPSA) is 70.7 Å². The Hall–Kier alpha value is -1.92. The molecule has 3 amide bonds. The minimum absolute atomic E-state index is 0.0881. The highest BCUT2D eigenvalue weighted by Crippen LogP contribution is 2.16. The lowest BCUT2D eigenvalue weighted by Gasteiger charge is -2.35. The number of carbonyl (C=O) groups is 2. The van der Waals surface area contributed by atoms with Crippen LogP contribution in [0.2, 0.25) is 0 Å². The van der Waals surface area contributed by atoms with Gasteiger partial charge >= 0.3 is 6.03 Å². The number of urea groups is 1. The van der Waals surface area contributed by atoms with Gasteiger partial charge in [-0.25, -0.2) is 4.79 Å². The third-order valence-electron chi connectivity index (χ3n) is 3.62. The lowest BCUT2D eigenvalue weighted by molar-refractivity contribution is -0.131. The first-order chi connectivity index (χ1) is 10.5. The quantitative estimate of drug-likeness (QED) is 0.838. The average Bonchev–Trinajstić information content (AvgIpc) is 2.46. The third-order valence-corrected chi connectivity index (χ3v) is 3.62. The number of methoxy groups -OCH3 is 1. The van der Waals surface area contributed by atoms with Gasteiger partial charge in [-0.15, -0.1) is 0 Å². The van der Waals surface area contributed by atoms with Crippen molar-refractivity contribution in [2.75, 3.05) is 13.7 Å². The zero-order valence-corrected chi connectivity index (χ0v) is 13.2. The second kappa shape index (κ2) is 7.38. The maximum absolute atomic E-state index is 12.1. The fourth-order valence-electron chi connectivity index (χ4n) is 2.61. The molecule has 1 aromatic carbocycles. The molecule has 2 atom stereocenters. The van der Waals surface area contributed by atoms with Crippen LogP contribution < -0.4 is 10.6 Å². The number of hydrogen-bond acceptors (Lipinski definition) is 4. The highest BCUT2D eigenvalue weighted by molar-refractivity contribution is 5.97. The van der Waals surface area contributed by atoms with E-state index in [0.29, 0.717) is 6.61 Å². The van der Waals surface area contributed by atoms with Gasteiger partial charge < -0.3 is 10.1 Å². The maximum Gasteiger partial charge on any atom is 0.325 e. The van der Waals surface area contributed by atoms with Gasteiger partial charge in [0.1, 0.15) is 0 Å². The predicted molar refractivity (Wildman–Crippen MR) is 83.1 cm³/mol. The van der Waals surface area contributed by atoms with E-state index in [-0.39, 0.29) is 30.4 Å². The van der Waals surface area contributed by atoms with E-state index in [1.54, 1.807) is 7.11 Å². The Morgan fingerprint density at radius 3 is 2.55 bits per heavy atom. The van der Waals surface area contributed by atoms with Gasteiger partial charge in [0, 0.05) is 13.2 Å². The first kappa shape index (κ1) is 16.5. The predicted octanol–water partition coefficient (Wildman–Crippen LogP) is 1.64. The van der Waals surface area contributed by atoms with Crippen molar-refractivity contribution in [1.29, 1.82) is 0 Å². The van der Waals surface area contributed by atoms with Gasteiger partial charge in [-0.3, -0.25) is 15.0 Å². The van der Waals surface area contributed by atoms with E-state index >= 15 is 0 Å².